The van der Waals surface area contributed by atoms with Crippen LogP contribution in [0.2, 0.25) is 0 Å². The molecule has 3 aromatic rings. The van der Waals surface area contributed by atoms with Crippen LogP contribution in [-0.2, 0) is 34.0 Å². The zero-order chi connectivity index (χ0) is 22.7. The van der Waals surface area contributed by atoms with Crippen LogP contribution in [0.4, 0.5) is 0 Å². The molecule has 0 spiro atoms. The van der Waals surface area contributed by atoms with Gasteiger partial charge in [0.25, 0.3) is 0 Å². The lowest BCUT2D eigenvalue weighted by Gasteiger charge is -2.26. The predicted molar refractivity (Wildman–Crippen MR) is 131 cm³/mol. The summed E-state index contributed by atoms with van der Waals surface area (Å²) < 4.78 is 19.1. The fourth-order valence-corrected chi connectivity index (χ4v) is 4.29. The number of nitrogens with one attached hydrogen (secondary N) is 2. The first-order valence-corrected chi connectivity index (χ1v) is 11.7. The molecule has 174 valence electrons. The lowest BCUT2D eigenvalue weighted by Crippen LogP contribution is -2.42. The van der Waals surface area contributed by atoms with Crippen molar-refractivity contribution in [2.24, 2.45) is 0 Å². The van der Waals surface area contributed by atoms with Crippen molar-refractivity contribution in [3.8, 4) is 0 Å². The number of benzene rings is 3. The Hall–Kier alpha value is -2.54. The molecule has 0 radical (unpaired) electrons. The van der Waals surface area contributed by atoms with Crippen LogP contribution in [0.3, 0.4) is 0 Å². The molecule has 1 aliphatic heterocycles. The summed E-state index contributed by atoms with van der Waals surface area (Å²) in [6.45, 7) is 3.02. The maximum atomic E-state index is 6.49. The minimum atomic E-state index is -0.122. The summed E-state index contributed by atoms with van der Waals surface area (Å²) in [6.07, 6.45) is -0.213. The van der Waals surface area contributed by atoms with Crippen LogP contribution >= 0.6 is 0 Å². The normalized spacial score (nSPS) is 22.5. The van der Waals surface area contributed by atoms with Gasteiger partial charge in [-0.25, -0.2) is 0 Å². The second-order valence-corrected chi connectivity index (χ2v) is 8.46. The van der Waals surface area contributed by atoms with Crippen molar-refractivity contribution < 1.29 is 14.2 Å². The minimum Gasteiger partial charge on any atom is -0.375 e. The maximum absolute atomic E-state index is 6.49. The quantitative estimate of drug-likeness (QED) is 0.442. The number of hydrogen-bond acceptors (Lipinski definition) is 5. The Morgan fingerprint density at radius 2 is 1.09 bits per heavy atom. The molecule has 5 nitrogen and oxygen atoms in total. The van der Waals surface area contributed by atoms with E-state index in [2.05, 4.69) is 47.0 Å². The molecule has 0 saturated carbocycles. The van der Waals surface area contributed by atoms with Gasteiger partial charge in [-0.1, -0.05) is 91.0 Å². The van der Waals surface area contributed by atoms with E-state index in [9.17, 15) is 0 Å². The highest BCUT2D eigenvalue weighted by atomic mass is 16.5. The van der Waals surface area contributed by atoms with Crippen LogP contribution in [0, 0.1) is 0 Å². The van der Waals surface area contributed by atoms with Crippen molar-refractivity contribution in [1.29, 1.82) is 0 Å². The lowest BCUT2D eigenvalue weighted by atomic mass is 10.1. The smallest absolute Gasteiger partial charge is 0.103 e. The summed E-state index contributed by atoms with van der Waals surface area (Å²) in [6, 6.07) is 31.0. The summed E-state index contributed by atoms with van der Waals surface area (Å²) >= 11 is 0. The molecular weight excluding hydrogens is 412 g/mol. The van der Waals surface area contributed by atoms with E-state index in [0.717, 1.165) is 17.7 Å². The molecule has 0 amide bonds. The molecule has 2 N–H and O–H groups in total. The highest BCUT2D eigenvalue weighted by Gasteiger charge is 2.44. The van der Waals surface area contributed by atoms with Crippen LogP contribution in [-0.4, -0.2) is 44.5 Å². The number of hydrogen-bond donors (Lipinski definition) is 2. The third kappa shape index (κ3) is 6.97. The van der Waals surface area contributed by atoms with Crippen molar-refractivity contribution in [1.82, 2.24) is 10.6 Å². The SMILES string of the molecule is CNC[C@@H]1N[C@@H](COCc2ccccc2)[C@@H](OCc2ccccc2)[C@@H]1OCc1ccccc1. The van der Waals surface area contributed by atoms with Gasteiger partial charge in [-0.05, 0) is 23.7 Å². The molecule has 1 fully saturated rings. The molecule has 1 saturated heterocycles. The second kappa shape index (κ2) is 12.6. The first-order chi connectivity index (χ1) is 16.3. The van der Waals surface area contributed by atoms with Gasteiger partial charge in [0, 0.05) is 12.6 Å². The van der Waals surface area contributed by atoms with E-state index in [1.165, 1.54) is 5.56 Å². The Morgan fingerprint density at radius 1 is 0.636 bits per heavy atom. The molecule has 0 bridgehead atoms. The van der Waals surface area contributed by atoms with Crippen LogP contribution in [0.5, 0.6) is 0 Å². The van der Waals surface area contributed by atoms with Gasteiger partial charge in [0.2, 0.25) is 0 Å². The van der Waals surface area contributed by atoms with E-state index in [0.29, 0.717) is 26.4 Å². The summed E-state index contributed by atoms with van der Waals surface area (Å²) in [5.41, 5.74) is 3.48. The Labute approximate surface area is 197 Å². The number of rotatable bonds is 12. The maximum Gasteiger partial charge on any atom is 0.103 e. The molecule has 1 aliphatic rings. The Morgan fingerprint density at radius 3 is 1.58 bits per heavy atom. The van der Waals surface area contributed by atoms with Crippen molar-refractivity contribution in [3.63, 3.8) is 0 Å². The van der Waals surface area contributed by atoms with Gasteiger partial charge in [-0.3, -0.25) is 0 Å². The van der Waals surface area contributed by atoms with Gasteiger partial charge in [-0.2, -0.15) is 0 Å². The van der Waals surface area contributed by atoms with Gasteiger partial charge >= 0.3 is 0 Å². The van der Waals surface area contributed by atoms with Gasteiger partial charge in [0.05, 0.1) is 32.5 Å². The van der Waals surface area contributed by atoms with Crippen LogP contribution < -0.4 is 10.6 Å². The molecule has 1 heterocycles. The predicted octanol–water partition coefficient (Wildman–Crippen LogP) is 3.93. The van der Waals surface area contributed by atoms with Crippen molar-refractivity contribution in [2.75, 3.05) is 20.2 Å². The van der Waals surface area contributed by atoms with E-state index in [-0.39, 0.29) is 24.3 Å². The summed E-state index contributed by atoms with van der Waals surface area (Å²) in [4.78, 5) is 0. The van der Waals surface area contributed by atoms with Gasteiger partial charge in [0.1, 0.15) is 12.2 Å². The van der Waals surface area contributed by atoms with E-state index < -0.39 is 0 Å². The average Bonchev–Trinajstić information content (AvgIpc) is 3.19. The molecule has 4 atom stereocenters. The Kier molecular flexibility index (Phi) is 9.04. The number of likely N-dealkylation sites (N-methyl/N-ethyl adjacent to an activating group) is 1. The minimum absolute atomic E-state index is 0.0385. The molecule has 4 rings (SSSR count). The summed E-state index contributed by atoms with van der Waals surface area (Å²) in [7, 11) is 1.97. The van der Waals surface area contributed by atoms with Gasteiger partial charge in [0.15, 0.2) is 0 Å². The molecule has 0 aliphatic carbocycles. The van der Waals surface area contributed by atoms with Crippen molar-refractivity contribution in [3.05, 3.63) is 108 Å². The molecule has 33 heavy (non-hydrogen) atoms. The molecule has 3 aromatic carbocycles. The summed E-state index contributed by atoms with van der Waals surface area (Å²) in [5.74, 6) is 0. The highest BCUT2D eigenvalue weighted by Crippen LogP contribution is 2.24. The van der Waals surface area contributed by atoms with Crippen LogP contribution in [0.1, 0.15) is 16.7 Å². The Bertz CT molecular complexity index is 924. The fourth-order valence-electron chi connectivity index (χ4n) is 4.29. The summed E-state index contributed by atoms with van der Waals surface area (Å²) in [5, 5.41) is 7.01. The zero-order valence-corrected chi connectivity index (χ0v) is 19.2. The third-order valence-corrected chi connectivity index (χ3v) is 5.95. The van der Waals surface area contributed by atoms with E-state index in [1.54, 1.807) is 0 Å². The van der Waals surface area contributed by atoms with Crippen molar-refractivity contribution >= 4 is 0 Å². The van der Waals surface area contributed by atoms with E-state index in [1.807, 2.05) is 61.6 Å². The van der Waals surface area contributed by atoms with Gasteiger partial charge in [-0.15, -0.1) is 0 Å². The standard InChI is InChI=1S/C28H34N2O3/c1-29-17-25-27(32-19-23-13-7-3-8-14-23)28(33-20-24-15-9-4-10-16-24)26(30-25)21-31-18-22-11-5-2-6-12-22/h2-16,25-30H,17-21H2,1H3/t25-,26-,27+,28+/m0/s1. The largest absolute Gasteiger partial charge is 0.375 e. The monoisotopic (exact) mass is 446 g/mol. The highest BCUT2D eigenvalue weighted by molar-refractivity contribution is 5.16. The third-order valence-electron chi connectivity index (χ3n) is 5.95. The average molecular weight is 447 g/mol. The second-order valence-electron chi connectivity index (χ2n) is 8.46. The lowest BCUT2D eigenvalue weighted by molar-refractivity contribution is -0.0855. The van der Waals surface area contributed by atoms with E-state index in [4.69, 9.17) is 14.2 Å². The Balaban J connectivity index is 1.44. The molecule has 0 aromatic heterocycles. The first-order valence-electron chi connectivity index (χ1n) is 11.7. The topological polar surface area (TPSA) is 51.8 Å². The zero-order valence-electron chi connectivity index (χ0n) is 19.2. The fraction of sp³-hybridized carbons (Fsp3) is 0.357. The molecule has 5 heteroatoms. The van der Waals surface area contributed by atoms with Gasteiger partial charge < -0.3 is 24.8 Å². The van der Waals surface area contributed by atoms with E-state index >= 15 is 0 Å². The molecule has 0 unspecified atom stereocenters. The van der Waals surface area contributed by atoms with Crippen LogP contribution in [0.25, 0.3) is 0 Å². The van der Waals surface area contributed by atoms with Crippen molar-refractivity contribution in [2.45, 2.75) is 44.1 Å². The molecular formula is C28H34N2O3. The first kappa shape index (κ1) is 23.6. The number of ether oxygens (including phenoxy) is 3. The van der Waals surface area contributed by atoms with Crippen LogP contribution in [0.15, 0.2) is 91.0 Å².